The van der Waals surface area contributed by atoms with E-state index < -0.39 is 0 Å². The third-order valence-electron chi connectivity index (χ3n) is 1.92. The molecule has 0 radical (unpaired) electrons. The molecule has 0 aliphatic carbocycles. The minimum atomic E-state index is -0.180. The molecule has 0 bridgehead atoms. The number of hydrogen-bond donors (Lipinski definition) is 1. The second-order valence-electron chi connectivity index (χ2n) is 2.96. The maximum atomic E-state index is 11.2. The first-order valence-electron chi connectivity index (χ1n) is 4.27. The van der Waals surface area contributed by atoms with E-state index in [1.165, 1.54) is 0 Å². The Hall–Kier alpha value is -0.610. The second kappa shape index (κ2) is 4.42. The summed E-state index contributed by atoms with van der Waals surface area (Å²) in [5, 5.41) is 8.44. The fourth-order valence-corrected chi connectivity index (χ4v) is 0.952. The average molecular weight is 173 g/mol. The molecule has 1 N–H and O–H groups in total. The molecule has 0 aromatic rings. The van der Waals surface area contributed by atoms with Crippen molar-refractivity contribution in [1.29, 1.82) is 0 Å². The fourth-order valence-electron chi connectivity index (χ4n) is 0.952. The normalized spacial score (nSPS) is 18.8. The van der Waals surface area contributed by atoms with Gasteiger partial charge in [0.2, 0.25) is 0 Å². The lowest BCUT2D eigenvalue weighted by molar-refractivity contribution is -0.147. The zero-order valence-corrected chi connectivity index (χ0v) is 7.32. The molecule has 0 spiro atoms. The van der Waals surface area contributed by atoms with E-state index in [9.17, 15) is 4.79 Å². The van der Waals surface area contributed by atoms with Gasteiger partial charge in [-0.3, -0.25) is 9.69 Å². The van der Waals surface area contributed by atoms with Crippen LogP contribution < -0.4 is 0 Å². The molecule has 4 nitrogen and oxygen atoms in total. The van der Waals surface area contributed by atoms with Gasteiger partial charge in [0.1, 0.15) is 6.04 Å². The summed E-state index contributed by atoms with van der Waals surface area (Å²) in [6.45, 7) is 4.24. The van der Waals surface area contributed by atoms with Crippen LogP contribution in [0.3, 0.4) is 0 Å². The van der Waals surface area contributed by atoms with Gasteiger partial charge in [-0.05, 0) is 6.92 Å². The number of carbonyl (C=O) groups is 1. The van der Waals surface area contributed by atoms with Crippen LogP contribution in [0.5, 0.6) is 0 Å². The number of hydrogen-bond acceptors (Lipinski definition) is 4. The van der Waals surface area contributed by atoms with Crippen LogP contribution in [0.15, 0.2) is 0 Å². The Bertz CT molecular complexity index is 156. The summed E-state index contributed by atoms with van der Waals surface area (Å²) in [5.74, 6) is -0.180. The van der Waals surface area contributed by atoms with Gasteiger partial charge in [0, 0.05) is 26.1 Å². The van der Waals surface area contributed by atoms with E-state index in [-0.39, 0.29) is 18.6 Å². The van der Waals surface area contributed by atoms with Crippen LogP contribution in [-0.4, -0.2) is 48.3 Å². The SMILES string of the molecule is CC(C(=O)OCCCO)N1CC1. The lowest BCUT2D eigenvalue weighted by Crippen LogP contribution is -2.28. The summed E-state index contributed by atoms with van der Waals surface area (Å²) < 4.78 is 4.90. The summed E-state index contributed by atoms with van der Waals surface area (Å²) >= 11 is 0. The van der Waals surface area contributed by atoms with Gasteiger partial charge < -0.3 is 9.84 Å². The van der Waals surface area contributed by atoms with Crippen molar-refractivity contribution in [1.82, 2.24) is 4.90 Å². The van der Waals surface area contributed by atoms with Gasteiger partial charge in [0.15, 0.2) is 0 Å². The first-order valence-corrected chi connectivity index (χ1v) is 4.27. The van der Waals surface area contributed by atoms with Crippen molar-refractivity contribution in [3.63, 3.8) is 0 Å². The van der Waals surface area contributed by atoms with E-state index >= 15 is 0 Å². The molecule has 0 saturated carbocycles. The first-order chi connectivity index (χ1) is 5.75. The molecular formula is C8H15NO3. The van der Waals surface area contributed by atoms with E-state index in [4.69, 9.17) is 9.84 Å². The molecule has 1 aliphatic heterocycles. The summed E-state index contributed by atoms with van der Waals surface area (Å²) in [7, 11) is 0. The number of aliphatic hydroxyl groups excluding tert-OH is 1. The predicted molar refractivity (Wildman–Crippen MR) is 43.7 cm³/mol. The summed E-state index contributed by atoms with van der Waals surface area (Å²) in [5.41, 5.74) is 0. The van der Waals surface area contributed by atoms with Crippen LogP contribution in [0.1, 0.15) is 13.3 Å². The van der Waals surface area contributed by atoms with Crippen LogP contribution >= 0.6 is 0 Å². The molecule has 12 heavy (non-hydrogen) atoms. The molecule has 1 saturated heterocycles. The number of nitrogens with zero attached hydrogens (tertiary/aromatic N) is 1. The summed E-state index contributed by atoms with van der Waals surface area (Å²) in [4.78, 5) is 13.2. The Morgan fingerprint density at radius 2 is 2.33 bits per heavy atom. The Morgan fingerprint density at radius 1 is 1.67 bits per heavy atom. The molecule has 0 aromatic carbocycles. The molecular weight excluding hydrogens is 158 g/mol. The highest BCUT2D eigenvalue weighted by molar-refractivity contribution is 5.75. The zero-order valence-electron chi connectivity index (χ0n) is 7.32. The van der Waals surface area contributed by atoms with Crippen molar-refractivity contribution >= 4 is 5.97 Å². The number of esters is 1. The number of aliphatic hydroxyl groups is 1. The lowest BCUT2D eigenvalue weighted by atomic mass is 10.3. The lowest BCUT2D eigenvalue weighted by Gasteiger charge is -2.10. The third kappa shape index (κ3) is 2.79. The van der Waals surface area contributed by atoms with Gasteiger partial charge in [-0.2, -0.15) is 0 Å². The van der Waals surface area contributed by atoms with Crippen molar-refractivity contribution in [3.05, 3.63) is 0 Å². The molecule has 4 heteroatoms. The predicted octanol–water partition coefficient (Wildman–Crippen LogP) is -0.384. The largest absolute Gasteiger partial charge is 0.464 e. The Kier molecular flexibility index (Phi) is 3.49. The van der Waals surface area contributed by atoms with E-state index in [1.807, 2.05) is 11.8 Å². The van der Waals surface area contributed by atoms with Crippen molar-refractivity contribution < 1.29 is 14.6 Å². The standard InChI is InChI=1S/C8H15NO3/c1-7(9-3-4-9)8(11)12-6-2-5-10/h7,10H,2-6H2,1H3. The molecule has 1 atom stereocenters. The molecule has 1 unspecified atom stereocenters. The van der Waals surface area contributed by atoms with E-state index in [2.05, 4.69) is 0 Å². The van der Waals surface area contributed by atoms with E-state index in [0.717, 1.165) is 13.1 Å². The Morgan fingerprint density at radius 3 is 2.83 bits per heavy atom. The maximum Gasteiger partial charge on any atom is 0.323 e. The number of ether oxygens (including phenoxy) is 1. The molecule has 0 amide bonds. The van der Waals surface area contributed by atoms with Crippen LogP contribution in [0, 0.1) is 0 Å². The van der Waals surface area contributed by atoms with Crippen molar-refractivity contribution in [2.24, 2.45) is 0 Å². The quantitative estimate of drug-likeness (QED) is 0.349. The van der Waals surface area contributed by atoms with Crippen molar-refractivity contribution in [2.75, 3.05) is 26.3 Å². The monoisotopic (exact) mass is 173 g/mol. The fraction of sp³-hybridized carbons (Fsp3) is 0.875. The average Bonchev–Trinajstić information content (AvgIpc) is 2.86. The minimum Gasteiger partial charge on any atom is -0.464 e. The van der Waals surface area contributed by atoms with Gasteiger partial charge in [0.05, 0.1) is 6.61 Å². The minimum absolute atomic E-state index is 0.0748. The van der Waals surface area contributed by atoms with Gasteiger partial charge in [0.25, 0.3) is 0 Å². The second-order valence-corrected chi connectivity index (χ2v) is 2.96. The molecule has 1 aliphatic rings. The smallest absolute Gasteiger partial charge is 0.323 e. The van der Waals surface area contributed by atoms with Gasteiger partial charge >= 0.3 is 5.97 Å². The van der Waals surface area contributed by atoms with Crippen molar-refractivity contribution in [3.8, 4) is 0 Å². The molecule has 1 heterocycles. The Balaban J connectivity index is 2.09. The highest BCUT2D eigenvalue weighted by atomic mass is 16.5. The summed E-state index contributed by atoms with van der Waals surface area (Å²) in [6, 6.07) is -0.108. The van der Waals surface area contributed by atoms with E-state index in [1.54, 1.807) is 0 Å². The van der Waals surface area contributed by atoms with Gasteiger partial charge in [-0.1, -0.05) is 0 Å². The third-order valence-corrected chi connectivity index (χ3v) is 1.92. The van der Waals surface area contributed by atoms with Gasteiger partial charge in [-0.15, -0.1) is 0 Å². The first kappa shape index (κ1) is 9.48. The van der Waals surface area contributed by atoms with Crippen molar-refractivity contribution in [2.45, 2.75) is 19.4 Å². The molecule has 70 valence electrons. The number of rotatable bonds is 5. The zero-order chi connectivity index (χ0) is 8.97. The topological polar surface area (TPSA) is 49.5 Å². The van der Waals surface area contributed by atoms with Crippen LogP contribution in [0.25, 0.3) is 0 Å². The molecule has 1 fully saturated rings. The van der Waals surface area contributed by atoms with Crippen LogP contribution in [-0.2, 0) is 9.53 Å². The highest BCUT2D eigenvalue weighted by Gasteiger charge is 2.29. The Labute approximate surface area is 72.1 Å². The number of carbonyl (C=O) groups excluding carboxylic acids is 1. The van der Waals surface area contributed by atoms with Crippen LogP contribution in [0.4, 0.5) is 0 Å². The summed E-state index contributed by atoms with van der Waals surface area (Å²) in [6.07, 6.45) is 0.526. The molecule has 0 aromatic heterocycles. The molecule has 1 rings (SSSR count). The van der Waals surface area contributed by atoms with Crippen LogP contribution in [0.2, 0.25) is 0 Å². The maximum absolute atomic E-state index is 11.2. The highest BCUT2D eigenvalue weighted by Crippen LogP contribution is 2.10. The van der Waals surface area contributed by atoms with Gasteiger partial charge in [-0.25, -0.2) is 0 Å². The van der Waals surface area contributed by atoms with E-state index in [0.29, 0.717) is 13.0 Å².